The molecule has 190 valence electrons. The first kappa shape index (κ1) is 25.7. The van der Waals surface area contributed by atoms with Gasteiger partial charge >= 0.3 is 0 Å². The molecule has 3 aromatic rings. The van der Waals surface area contributed by atoms with Gasteiger partial charge in [-0.15, -0.1) is 0 Å². The first-order valence-electron chi connectivity index (χ1n) is 11.7. The van der Waals surface area contributed by atoms with Crippen LogP contribution < -0.4 is 16.4 Å². The van der Waals surface area contributed by atoms with Crippen LogP contribution in [0.25, 0.3) is 11.6 Å². The van der Waals surface area contributed by atoms with Crippen LogP contribution in [-0.4, -0.2) is 35.5 Å². The Morgan fingerprint density at radius 2 is 1.81 bits per heavy atom. The van der Waals surface area contributed by atoms with E-state index in [1.807, 2.05) is 36.4 Å². The number of para-hydroxylation sites is 2. The number of aromatic nitrogens is 1. The molecule has 4 N–H and O–H groups in total. The van der Waals surface area contributed by atoms with Crippen molar-refractivity contribution < 1.29 is 18.0 Å². The van der Waals surface area contributed by atoms with Gasteiger partial charge in [0.05, 0.1) is 11.4 Å². The molecule has 1 aliphatic rings. The van der Waals surface area contributed by atoms with Crippen LogP contribution in [0.1, 0.15) is 24.5 Å². The zero-order chi connectivity index (χ0) is 26.5. The Morgan fingerprint density at radius 3 is 2.49 bits per heavy atom. The van der Waals surface area contributed by atoms with Gasteiger partial charge in [0.25, 0.3) is 0 Å². The van der Waals surface area contributed by atoms with E-state index in [9.17, 15) is 18.0 Å². The molecule has 1 heterocycles. The van der Waals surface area contributed by atoms with Gasteiger partial charge in [0.2, 0.25) is 21.8 Å². The lowest BCUT2D eigenvalue weighted by Crippen LogP contribution is -2.49. The fourth-order valence-corrected chi connectivity index (χ4v) is 5.69. The number of nitrogens with two attached hydrogens (primary N) is 1. The van der Waals surface area contributed by atoms with E-state index in [1.165, 1.54) is 31.5 Å². The highest BCUT2D eigenvalue weighted by Crippen LogP contribution is 2.34. The maximum absolute atomic E-state index is 13.8. The number of rotatable bonds is 8. The normalized spacial score (nSPS) is 17.4. The number of anilines is 2. The highest BCUT2D eigenvalue weighted by molar-refractivity contribution is 7.91. The minimum absolute atomic E-state index is 0.0794. The van der Waals surface area contributed by atoms with Crippen molar-refractivity contribution in [3.63, 3.8) is 0 Å². The van der Waals surface area contributed by atoms with Gasteiger partial charge in [0.15, 0.2) is 0 Å². The third-order valence-electron chi connectivity index (χ3n) is 6.11. The van der Waals surface area contributed by atoms with Crippen LogP contribution in [0.3, 0.4) is 0 Å². The van der Waals surface area contributed by atoms with Crippen molar-refractivity contribution in [2.24, 2.45) is 0 Å². The molecule has 1 aromatic heterocycles. The van der Waals surface area contributed by atoms with E-state index >= 15 is 0 Å². The van der Waals surface area contributed by atoms with Crippen LogP contribution in [0.15, 0.2) is 97.4 Å². The summed E-state index contributed by atoms with van der Waals surface area (Å²) in [5, 5.41) is 5.36. The second-order valence-electron chi connectivity index (χ2n) is 8.73. The number of allylic oxidation sites excluding steroid dienone is 3. The summed E-state index contributed by atoms with van der Waals surface area (Å²) in [7, 11) is -3.98. The molecule has 1 atom stereocenters. The summed E-state index contributed by atoms with van der Waals surface area (Å²) in [6, 6.07) is 18.2. The van der Waals surface area contributed by atoms with Crippen molar-refractivity contribution in [3.05, 3.63) is 108 Å². The van der Waals surface area contributed by atoms with Gasteiger partial charge < -0.3 is 16.4 Å². The highest BCUT2D eigenvalue weighted by Gasteiger charge is 2.43. The predicted octanol–water partition coefficient (Wildman–Crippen LogP) is 3.82. The topological polar surface area (TPSA) is 123 Å². The van der Waals surface area contributed by atoms with Crippen LogP contribution in [-0.2, 0) is 19.6 Å². The molecule has 8 nitrogen and oxygen atoms in total. The molecular weight excluding hydrogens is 488 g/mol. The number of carbonyl (C=O) groups excluding carboxylic acids is 2. The van der Waals surface area contributed by atoms with E-state index in [1.54, 1.807) is 42.5 Å². The van der Waals surface area contributed by atoms with E-state index < -0.39 is 20.7 Å². The van der Waals surface area contributed by atoms with Gasteiger partial charge in [-0.1, -0.05) is 60.7 Å². The van der Waals surface area contributed by atoms with Gasteiger partial charge in [-0.2, -0.15) is 0 Å². The number of nitrogen functional groups attached to an aromatic ring is 1. The SMILES string of the molecule is CC(=O)NCC1(S(=O)(=O)n2ccc(/C=C/C(=O)Nc3ccccc3N)c2)C=CC(c2ccccc2)=CC1. The average molecular weight is 517 g/mol. The lowest BCUT2D eigenvalue weighted by atomic mass is 9.92. The zero-order valence-electron chi connectivity index (χ0n) is 20.3. The maximum Gasteiger partial charge on any atom is 0.249 e. The first-order chi connectivity index (χ1) is 17.7. The van der Waals surface area contributed by atoms with Crippen LogP contribution in [0.2, 0.25) is 0 Å². The molecule has 0 spiro atoms. The van der Waals surface area contributed by atoms with E-state index in [0.717, 1.165) is 15.1 Å². The molecular formula is C28H28N4O4S. The summed E-state index contributed by atoms with van der Waals surface area (Å²) in [5.74, 6) is -0.716. The van der Waals surface area contributed by atoms with Crippen molar-refractivity contribution in [3.8, 4) is 0 Å². The molecule has 0 saturated carbocycles. The molecule has 1 aliphatic carbocycles. The third-order valence-corrected chi connectivity index (χ3v) is 8.36. The number of carbonyl (C=O) groups is 2. The second-order valence-corrected chi connectivity index (χ2v) is 10.9. The number of amides is 2. The average Bonchev–Trinajstić information content (AvgIpc) is 3.38. The second kappa shape index (κ2) is 10.7. The van der Waals surface area contributed by atoms with E-state index in [2.05, 4.69) is 10.6 Å². The van der Waals surface area contributed by atoms with E-state index in [-0.39, 0.29) is 18.9 Å². The number of hydrogen-bond acceptors (Lipinski definition) is 5. The van der Waals surface area contributed by atoms with Crippen molar-refractivity contribution >= 4 is 44.9 Å². The fraction of sp³-hybridized carbons (Fsp3) is 0.143. The Labute approximate surface area is 216 Å². The van der Waals surface area contributed by atoms with Crippen LogP contribution in [0.5, 0.6) is 0 Å². The quantitative estimate of drug-likeness (QED) is 0.310. The smallest absolute Gasteiger partial charge is 0.249 e. The Balaban J connectivity index is 1.55. The predicted molar refractivity (Wildman–Crippen MR) is 147 cm³/mol. The molecule has 4 rings (SSSR count). The highest BCUT2D eigenvalue weighted by atomic mass is 32.2. The number of hydrogen-bond donors (Lipinski definition) is 3. The van der Waals surface area contributed by atoms with Crippen molar-refractivity contribution in [2.45, 2.75) is 18.1 Å². The summed E-state index contributed by atoms with van der Waals surface area (Å²) >= 11 is 0. The van der Waals surface area contributed by atoms with Gasteiger partial charge in [0.1, 0.15) is 4.75 Å². The largest absolute Gasteiger partial charge is 0.397 e. The molecule has 0 bridgehead atoms. The number of nitrogens with zero attached hydrogens (tertiary/aromatic N) is 1. The Morgan fingerprint density at radius 1 is 1.08 bits per heavy atom. The van der Waals surface area contributed by atoms with Gasteiger partial charge in [-0.25, -0.2) is 8.42 Å². The van der Waals surface area contributed by atoms with Gasteiger partial charge in [-0.3, -0.25) is 13.6 Å². The Kier molecular flexibility index (Phi) is 7.45. The molecule has 37 heavy (non-hydrogen) atoms. The minimum atomic E-state index is -3.98. The summed E-state index contributed by atoms with van der Waals surface area (Å²) in [5.41, 5.74) is 9.20. The lowest BCUT2D eigenvalue weighted by molar-refractivity contribution is -0.119. The molecule has 1 unspecified atom stereocenters. The summed E-state index contributed by atoms with van der Waals surface area (Å²) in [6.07, 6.45) is 11.2. The summed E-state index contributed by atoms with van der Waals surface area (Å²) < 4.78 is 27.4. The maximum atomic E-state index is 13.8. The summed E-state index contributed by atoms with van der Waals surface area (Å²) in [6.45, 7) is 1.27. The van der Waals surface area contributed by atoms with Gasteiger partial charge in [-0.05, 0) is 47.4 Å². The van der Waals surface area contributed by atoms with Crippen LogP contribution in [0.4, 0.5) is 11.4 Å². The number of benzene rings is 2. The summed E-state index contributed by atoms with van der Waals surface area (Å²) in [4.78, 5) is 24.0. The lowest BCUT2D eigenvalue weighted by Gasteiger charge is -2.32. The van der Waals surface area contributed by atoms with Crippen molar-refractivity contribution in [2.75, 3.05) is 17.6 Å². The molecule has 0 saturated heterocycles. The van der Waals surface area contributed by atoms with Crippen LogP contribution >= 0.6 is 0 Å². The van der Waals surface area contributed by atoms with E-state index in [4.69, 9.17) is 5.73 Å². The number of nitrogens with one attached hydrogen (secondary N) is 2. The Bertz CT molecular complexity index is 1500. The molecule has 0 aliphatic heterocycles. The molecule has 0 radical (unpaired) electrons. The molecule has 2 amide bonds. The van der Waals surface area contributed by atoms with Crippen molar-refractivity contribution in [1.29, 1.82) is 0 Å². The molecule has 0 fully saturated rings. The molecule has 9 heteroatoms. The van der Waals surface area contributed by atoms with Crippen LogP contribution in [0, 0.1) is 0 Å². The monoisotopic (exact) mass is 516 g/mol. The standard InChI is InChI=1S/C28H28N4O4S/c1-21(33)30-20-28(16-13-24(14-17-28)23-7-3-2-4-8-23)37(35,36)32-18-15-22(19-32)11-12-27(34)31-26-10-6-5-9-25(26)29/h2-16,18-19H,17,20,29H2,1H3,(H,30,33)(H,31,34)/b12-11+. The molecule has 2 aromatic carbocycles. The minimum Gasteiger partial charge on any atom is -0.397 e. The third kappa shape index (κ3) is 5.73. The fourth-order valence-electron chi connectivity index (χ4n) is 4.00. The van der Waals surface area contributed by atoms with Gasteiger partial charge in [0, 0.05) is 31.9 Å². The van der Waals surface area contributed by atoms with Crippen molar-refractivity contribution in [1.82, 2.24) is 9.29 Å². The zero-order valence-corrected chi connectivity index (χ0v) is 21.1. The van der Waals surface area contributed by atoms with E-state index in [0.29, 0.717) is 16.9 Å². The first-order valence-corrected chi connectivity index (χ1v) is 13.1. The Hall–Kier alpha value is -4.37.